The van der Waals surface area contributed by atoms with Gasteiger partial charge in [0.15, 0.2) is 0 Å². The minimum absolute atomic E-state index is 0.0223. The van der Waals surface area contributed by atoms with E-state index in [-0.39, 0.29) is 42.8 Å². The first kappa shape index (κ1) is 68.0. The second-order valence-electron chi connectivity index (χ2n) is 19.9. The normalized spacial score (nSPS) is 15.8. The Bertz CT molecular complexity index is 1940. The third-order valence-electron chi connectivity index (χ3n) is 11.9. The van der Waals surface area contributed by atoms with Crippen LogP contribution in [-0.4, -0.2) is 158 Å². The largest absolute Gasteiger partial charge is 0.481 e. The molecular formula is C48H83N9O16S. The van der Waals surface area contributed by atoms with E-state index in [9.17, 15) is 78.0 Å². The van der Waals surface area contributed by atoms with Crippen LogP contribution in [0.5, 0.6) is 0 Å². The van der Waals surface area contributed by atoms with Gasteiger partial charge in [0.25, 0.3) is 0 Å². The molecule has 8 amide bonds. The number of hydrogen-bond acceptors (Lipinski definition) is 14. The van der Waals surface area contributed by atoms with Gasteiger partial charge in [-0.25, -0.2) is 4.79 Å². The van der Waals surface area contributed by atoms with Crippen LogP contribution in [0.2, 0.25) is 0 Å². The van der Waals surface area contributed by atoms with Crippen LogP contribution in [0, 0.1) is 29.6 Å². The van der Waals surface area contributed by atoms with Gasteiger partial charge in [-0.05, 0) is 73.7 Å². The fraction of sp³-hybridized carbons (Fsp3) is 0.750. The molecule has 0 aromatic rings. The fourth-order valence-electron chi connectivity index (χ4n) is 7.35. The number of carbonyl (C=O) groups excluding carboxylic acids is 8. The van der Waals surface area contributed by atoms with E-state index in [0.717, 1.165) is 0 Å². The molecule has 74 heavy (non-hydrogen) atoms. The Morgan fingerprint density at radius 3 is 1.14 bits per heavy atom. The van der Waals surface area contributed by atoms with Crippen molar-refractivity contribution >= 4 is 82.9 Å². The van der Waals surface area contributed by atoms with Crippen molar-refractivity contribution < 1.29 is 78.0 Å². The number of amides is 8. The number of rotatable bonds is 37. The van der Waals surface area contributed by atoms with Crippen LogP contribution in [0.25, 0.3) is 0 Å². The summed E-state index contributed by atoms with van der Waals surface area (Å²) >= 11 is 1.21. The summed E-state index contributed by atoms with van der Waals surface area (Å²) in [7, 11) is 0. The smallest absolute Gasteiger partial charge is 0.326 e. The monoisotopic (exact) mass is 1070 g/mol. The second kappa shape index (κ2) is 34.4. The molecule has 25 nitrogen and oxygen atoms in total. The van der Waals surface area contributed by atoms with E-state index in [2.05, 4.69) is 42.5 Å². The highest BCUT2D eigenvalue weighted by atomic mass is 32.2. The van der Waals surface area contributed by atoms with Crippen molar-refractivity contribution in [1.82, 2.24) is 42.5 Å². The molecule has 0 aliphatic carbocycles. The molecule has 0 rings (SSSR count). The average molecular weight is 1070 g/mol. The van der Waals surface area contributed by atoms with Crippen molar-refractivity contribution in [3.05, 3.63) is 0 Å². The number of carbonyl (C=O) groups is 12. The predicted octanol–water partition coefficient (Wildman–Crippen LogP) is 0.0745. The Hall–Kier alpha value is -6.05. The Balaban J connectivity index is 6.79. The third-order valence-corrected chi connectivity index (χ3v) is 12.5. The van der Waals surface area contributed by atoms with Gasteiger partial charge in [0.2, 0.25) is 47.3 Å². The number of carboxylic acids is 4. The summed E-state index contributed by atoms with van der Waals surface area (Å²) in [6, 6.07) is -13.3. The molecule has 0 radical (unpaired) electrons. The van der Waals surface area contributed by atoms with Gasteiger partial charge in [0, 0.05) is 6.42 Å². The number of hydrogen-bond donors (Lipinski definition) is 13. The molecule has 14 N–H and O–H groups in total. The highest BCUT2D eigenvalue weighted by Crippen LogP contribution is 2.15. The van der Waals surface area contributed by atoms with Crippen molar-refractivity contribution in [3.8, 4) is 0 Å². The number of aliphatic carboxylic acids is 4. The van der Waals surface area contributed by atoms with Crippen molar-refractivity contribution in [2.45, 2.75) is 188 Å². The van der Waals surface area contributed by atoms with Crippen molar-refractivity contribution in [3.63, 3.8) is 0 Å². The molecule has 11 atom stereocenters. The highest BCUT2D eigenvalue weighted by Gasteiger charge is 2.37. The first-order valence-corrected chi connectivity index (χ1v) is 26.3. The van der Waals surface area contributed by atoms with Crippen LogP contribution in [-0.2, 0) is 57.5 Å². The van der Waals surface area contributed by atoms with Gasteiger partial charge in [0.1, 0.15) is 48.3 Å². The van der Waals surface area contributed by atoms with Crippen LogP contribution in [0.4, 0.5) is 0 Å². The zero-order valence-corrected chi connectivity index (χ0v) is 45.4. The summed E-state index contributed by atoms with van der Waals surface area (Å²) in [5, 5.41) is 58.1. The summed E-state index contributed by atoms with van der Waals surface area (Å²) in [6.45, 7) is 17.5. The van der Waals surface area contributed by atoms with Crippen molar-refractivity contribution in [2.24, 2.45) is 35.3 Å². The molecule has 0 saturated heterocycles. The fourth-order valence-corrected chi connectivity index (χ4v) is 7.82. The lowest BCUT2D eigenvalue weighted by Crippen LogP contribution is -2.61. The van der Waals surface area contributed by atoms with Crippen LogP contribution < -0.4 is 48.3 Å². The standard InChI is InChI=1S/C48H83N9O16S/c1-12-26(9)38(56-45(69)31(19-24(5)6)52-40(64)28(49)18-23(3)4)47(71)51-29(14-15-35(58)59)41(65)54-33(21-36(60)61)43(67)50-30(16-17-74-11)42(66)55-34(22-37(62)63)44(68)53-32(20-25(7)8)46(70)57-39(48(72)73)27(10)13-2/h23-34,38-39H,12-22,49H2,1-11H3,(H,50,67)(H,51,71)(H,52,64)(H,53,68)(H,54,65)(H,55,66)(H,56,69)(H,57,70)(H,58,59)(H,60,61)(H,62,63)(H,72,73)/t26-,27-,28-,29-,30-,31-,32-,33-,34-,38-,39-/m0/s1. The van der Waals surface area contributed by atoms with E-state index < -0.39 is 163 Å². The Kier molecular flexibility index (Phi) is 31.6. The van der Waals surface area contributed by atoms with Crippen LogP contribution in [0.3, 0.4) is 0 Å². The maximum Gasteiger partial charge on any atom is 0.326 e. The molecule has 0 bridgehead atoms. The lowest BCUT2D eigenvalue weighted by atomic mass is 9.96. The molecule has 0 aliphatic heterocycles. The Morgan fingerprint density at radius 2 is 0.757 bits per heavy atom. The van der Waals surface area contributed by atoms with E-state index in [0.29, 0.717) is 19.3 Å². The topological polar surface area (TPSA) is 408 Å². The van der Waals surface area contributed by atoms with Gasteiger partial charge in [0.05, 0.1) is 18.9 Å². The lowest BCUT2D eigenvalue weighted by molar-refractivity contribution is -0.144. The molecule has 0 spiro atoms. The average Bonchev–Trinajstić information content (AvgIpc) is 3.29. The summed E-state index contributed by atoms with van der Waals surface area (Å²) in [5.74, 6) is -15.0. The summed E-state index contributed by atoms with van der Waals surface area (Å²) in [6.07, 6.45) is -0.799. The number of nitrogens with two attached hydrogens (primary N) is 1. The van der Waals surface area contributed by atoms with Gasteiger partial charge in [-0.2, -0.15) is 11.8 Å². The summed E-state index contributed by atoms with van der Waals surface area (Å²) in [4.78, 5) is 157. The van der Waals surface area contributed by atoms with E-state index in [1.807, 2.05) is 27.7 Å². The van der Waals surface area contributed by atoms with Crippen molar-refractivity contribution in [1.29, 1.82) is 0 Å². The number of thioether (sulfide) groups is 1. The van der Waals surface area contributed by atoms with Gasteiger partial charge in [-0.1, -0.05) is 82.1 Å². The number of nitrogens with one attached hydrogen (secondary N) is 8. The minimum Gasteiger partial charge on any atom is -0.481 e. The third kappa shape index (κ3) is 26.2. The van der Waals surface area contributed by atoms with Gasteiger partial charge in [-0.15, -0.1) is 0 Å². The van der Waals surface area contributed by atoms with E-state index in [1.165, 1.54) is 11.8 Å². The maximum atomic E-state index is 14.0. The van der Waals surface area contributed by atoms with Gasteiger partial charge in [-0.3, -0.25) is 52.7 Å². The van der Waals surface area contributed by atoms with E-state index in [1.54, 1.807) is 47.8 Å². The Labute approximate surface area is 437 Å². The summed E-state index contributed by atoms with van der Waals surface area (Å²) in [5.41, 5.74) is 6.07. The molecule has 0 aromatic heterocycles. The van der Waals surface area contributed by atoms with E-state index in [4.69, 9.17) is 5.73 Å². The molecule has 0 fully saturated rings. The first-order chi connectivity index (χ1) is 34.4. The SMILES string of the molecule is CC[C@H](C)[C@H](NC(=O)[C@H](CC(C)C)NC(=O)[C@H](CC(=O)O)NC(=O)[C@H](CCSC)NC(=O)[C@H](CC(=O)O)NC(=O)[C@H](CCC(=O)O)NC(=O)[C@@H](NC(=O)[C@H](CC(C)C)NC(=O)[C@@H](N)CC(C)C)[C@@H](C)CC)C(=O)O. The summed E-state index contributed by atoms with van der Waals surface area (Å²) < 4.78 is 0. The zero-order valence-electron chi connectivity index (χ0n) is 44.5. The Morgan fingerprint density at radius 1 is 0.419 bits per heavy atom. The van der Waals surface area contributed by atoms with Crippen LogP contribution in [0.1, 0.15) is 133 Å². The first-order valence-electron chi connectivity index (χ1n) is 24.9. The maximum absolute atomic E-state index is 14.0. The molecule has 26 heteroatoms. The molecule has 0 aromatic carbocycles. The quantitative estimate of drug-likeness (QED) is 0.0392. The molecule has 0 heterocycles. The zero-order chi connectivity index (χ0) is 57.2. The van der Waals surface area contributed by atoms with Crippen molar-refractivity contribution in [2.75, 3.05) is 12.0 Å². The van der Waals surface area contributed by atoms with E-state index >= 15 is 0 Å². The lowest BCUT2D eigenvalue weighted by Gasteiger charge is -2.30. The molecule has 0 saturated carbocycles. The second-order valence-corrected chi connectivity index (χ2v) is 20.8. The van der Waals surface area contributed by atoms with Crippen LogP contribution >= 0.6 is 11.8 Å². The highest BCUT2D eigenvalue weighted by molar-refractivity contribution is 7.98. The van der Waals surface area contributed by atoms with Gasteiger partial charge < -0.3 is 68.7 Å². The molecule has 0 aliphatic rings. The van der Waals surface area contributed by atoms with Gasteiger partial charge >= 0.3 is 23.9 Å². The molecule has 422 valence electrons. The minimum atomic E-state index is -1.99. The molecule has 0 unspecified atom stereocenters. The predicted molar refractivity (Wildman–Crippen MR) is 273 cm³/mol. The van der Waals surface area contributed by atoms with Crippen LogP contribution in [0.15, 0.2) is 0 Å². The number of carboxylic acid groups (broad SMARTS) is 4. The molecular weight excluding hydrogens is 991 g/mol.